The van der Waals surface area contributed by atoms with Crippen molar-refractivity contribution in [3.8, 4) is 0 Å². The van der Waals surface area contributed by atoms with Crippen LogP contribution in [0.2, 0.25) is 0 Å². The first-order valence-corrected chi connectivity index (χ1v) is 5.72. The van der Waals surface area contributed by atoms with E-state index in [-0.39, 0.29) is 11.6 Å². The molecule has 0 aliphatic carbocycles. The fourth-order valence-corrected chi connectivity index (χ4v) is 1.33. The molecule has 0 aromatic carbocycles. The summed E-state index contributed by atoms with van der Waals surface area (Å²) in [6.07, 6.45) is 0. The van der Waals surface area contributed by atoms with Gasteiger partial charge < -0.3 is 10.5 Å². The molecule has 1 aromatic rings. The predicted molar refractivity (Wildman–Crippen MR) is 63.8 cm³/mol. The van der Waals surface area contributed by atoms with E-state index in [0.29, 0.717) is 12.3 Å². The van der Waals surface area contributed by atoms with Crippen LogP contribution < -0.4 is 5.73 Å². The highest BCUT2D eigenvalue weighted by molar-refractivity contribution is 5.88. The standard InChI is InChI=1S/C11H18N4O3/c1-6(2)5-18-11(17)9-7(3)15(14-13-9)8(4)10(12)16/h6,8H,5H2,1-4H3,(H2,12,16). The van der Waals surface area contributed by atoms with E-state index in [1.807, 2.05) is 13.8 Å². The Bertz CT molecular complexity index is 453. The molecular weight excluding hydrogens is 236 g/mol. The van der Waals surface area contributed by atoms with Crippen LogP contribution in [-0.4, -0.2) is 33.5 Å². The first-order chi connectivity index (χ1) is 8.34. The van der Waals surface area contributed by atoms with Gasteiger partial charge in [0.15, 0.2) is 5.69 Å². The van der Waals surface area contributed by atoms with Gasteiger partial charge in [0.25, 0.3) is 0 Å². The minimum Gasteiger partial charge on any atom is -0.461 e. The van der Waals surface area contributed by atoms with Gasteiger partial charge in [-0.15, -0.1) is 5.10 Å². The number of hydrogen-bond donors (Lipinski definition) is 1. The maximum absolute atomic E-state index is 11.7. The van der Waals surface area contributed by atoms with Crippen molar-refractivity contribution < 1.29 is 14.3 Å². The summed E-state index contributed by atoms with van der Waals surface area (Å²) in [7, 11) is 0. The van der Waals surface area contributed by atoms with E-state index in [4.69, 9.17) is 10.5 Å². The number of ether oxygens (including phenoxy) is 1. The lowest BCUT2D eigenvalue weighted by molar-refractivity contribution is -0.121. The molecule has 0 aliphatic heterocycles. The van der Waals surface area contributed by atoms with E-state index in [9.17, 15) is 9.59 Å². The highest BCUT2D eigenvalue weighted by Gasteiger charge is 2.22. The number of amides is 1. The Morgan fingerprint density at radius 2 is 2.00 bits per heavy atom. The maximum Gasteiger partial charge on any atom is 0.360 e. The van der Waals surface area contributed by atoms with Crippen LogP contribution in [0.4, 0.5) is 0 Å². The van der Waals surface area contributed by atoms with Crippen molar-refractivity contribution in [2.75, 3.05) is 6.61 Å². The molecule has 1 aromatic heterocycles. The van der Waals surface area contributed by atoms with E-state index < -0.39 is 17.9 Å². The molecule has 0 saturated carbocycles. The lowest BCUT2D eigenvalue weighted by atomic mass is 10.2. The van der Waals surface area contributed by atoms with Crippen molar-refractivity contribution in [3.63, 3.8) is 0 Å². The molecule has 1 heterocycles. The van der Waals surface area contributed by atoms with Gasteiger partial charge >= 0.3 is 5.97 Å². The van der Waals surface area contributed by atoms with Crippen LogP contribution >= 0.6 is 0 Å². The highest BCUT2D eigenvalue weighted by atomic mass is 16.5. The van der Waals surface area contributed by atoms with E-state index >= 15 is 0 Å². The molecule has 7 nitrogen and oxygen atoms in total. The third kappa shape index (κ3) is 3.06. The second-order valence-electron chi connectivity index (χ2n) is 4.54. The van der Waals surface area contributed by atoms with Crippen LogP contribution in [0, 0.1) is 12.8 Å². The number of carbonyl (C=O) groups is 2. The molecule has 0 fully saturated rings. The number of nitrogens with two attached hydrogens (primary N) is 1. The molecule has 0 radical (unpaired) electrons. The second-order valence-corrected chi connectivity index (χ2v) is 4.54. The van der Waals surface area contributed by atoms with E-state index in [2.05, 4.69) is 10.3 Å². The predicted octanol–water partition coefficient (Wildman–Crippen LogP) is 0.446. The first-order valence-electron chi connectivity index (χ1n) is 5.72. The van der Waals surface area contributed by atoms with Gasteiger partial charge in [-0.1, -0.05) is 19.1 Å². The third-order valence-electron chi connectivity index (χ3n) is 2.45. The zero-order chi connectivity index (χ0) is 13.9. The van der Waals surface area contributed by atoms with Crippen LogP contribution in [0.25, 0.3) is 0 Å². The molecule has 18 heavy (non-hydrogen) atoms. The Labute approximate surface area is 105 Å². The maximum atomic E-state index is 11.7. The zero-order valence-corrected chi connectivity index (χ0v) is 11.0. The minimum absolute atomic E-state index is 0.115. The van der Waals surface area contributed by atoms with Crippen molar-refractivity contribution in [1.82, 2.24) is 15.0 Å². The topological polar surface area (TPSA) is 100 Å². The molecule has 0 bridgehead atoms. The number of primary amides is 1. The van der Waals surface area contributed by atoms with Crippen molar-refractivity contribution in [1.29, 1.82) is 0 Å². The van der Waals surface area contributed by atoms with Crippen LogP contribution in [0.15, 0.2) is 0 Å². The summed E-state index contributed by atoms with van der Waals surface area (Å²) in [6.45, 7) is 7.42. The average molecular weight is 254 g/mol. The number of aromatic nitrogens is 3. The van der Waals surface area contributed by atoms with Crippen LogP contribution in [0.3, 0.4) is 0 Å². The molecule has 100 valence electrons. The quantitative estimate of drug-likeness (QED) is 0.769. The summed E-state index contributed by atoms with van der Waals surface area (Å²) in [4.78, 5) is 22.8. The molecule has 1 amide bonds. The number of esters is 1. The number of carbonyl (C=O) groups excluding carboxylic acids is 2. The van der Waals surface area contributed by atoms with Gasteiger partial charge in [0.05, 0.1) is 12.3 Å². The normalized spacial score (nSPS) is 12.5. The molecular formula is C11H18N4O3. The van der Waals surface area contributed by atoms with E-state index in [0.717, 1.165) is 0 Å². The molecule has 0 spiro atoms. The van der Waals surface area contributed by atoms with Crippen molar-refractivity contribution in [2.24, 2.45) is 11.7 Å². The van der Waals surface area contributed by atoms with Crippen LogP contribution in [-0.2, 0) is 9.53 Å². The van der Waals surface area contributed by atoms with E-state index in [1.165, 1.54) is 4.68 Å². The van der Waals surface area contributed by atoms with Gasteiger partial charge in [0.2, 0.25) is 5.91 Å². The third-order valence-corrected chi connectivity index (χ3v) is 2.45. The van der Waals surface area contributed by atoms with Crippen LogP contribution in [0.1, 0.15) is 43.0 Å². The number of nitrogens with zero attached hydrogens (tertiary/aromatic N) is 3. The molecule has 0 saturated heterocycles. The Balaban J connectivity index is 2.86. The average Bonchev–Trinajstić information content (AvgIpc) is 2.66. The molecule has 1 rings (SSSR count). The van der Waals surface area contributed by atoms with Gasteiger partial charge in [0, 0.05) is 0 Å². The lowest BCUT2D eigenvalue weighted by Gasteiger charge is -2.09. The Kier molecular flexibility index (Phi) is 4.41. The molecule has 1 unspecified atom stereocenters. The van der Waals surface area contributed by atoms with Crippen molar-refractivity contribution in [3.05, 3.63) is 11.4 Å². The summed E-state index contributed by atoms with van der Waals surface area (Å²) in [5.74, 6) is -0.830. The van der Waals surface area contributed by atoms with Gasteiger partial charge in [-0.3, -0.25) is 4.79 Å². The molecule has 0 aliphatic rings. The monoisotopic (exact) mass is 254 g/mol. The molecule has 2 N–H and O–H groups in total. The van der Waals surface area contributed by atoms with Gasteiger partial charge in [-0.05, 0) is 19.8 Å². The fraction of sp³-hybridized carbons (Fsp3) is 0.636. The van der Waals surface area contributed by atoms with Crippen molar-refractivity contribution >= 4 is 11.9 Å². The summed E-state index contributed by atoms with van der Waals surface area (Å²) in [5.41, 5.74) is 5.76. The minimum atomic E-state index is -0.649. The summed E-state index contributed by atoms with van der Waals surface area (Å²) in [6, 6.07) is -0.649. The second kappa shape index (κ2) is 5.61. The van der Waals surface area contributed by atoms with E-state index in [1.54, 1.807) is 13.8 Å². The zero-order valence-electron chi connectivity index (χ0n) is 11.0. The first kappa shape index (κ1) is 14.1. The van der Waals surface area contributed by atoms with Gasteiger partial charge in [-0.25, -0.2) is 9.48 Å². The van der Waals surface area contributed by atoms with Crippen molar-refractivity contribution in [2.45, 2.75) is 33.7 Å². The largest absolute Gasteiger partial charge is 0.461 e. The SMILES string of the molecule is Cc1c(C(=O)OCC(C)C)nnn1C(C)C(N)=O. The Hall–Kier alpha value is -1.92. The Morgan fingerprint density at radius 1 is 1.39 bits per heavy atom. The molecule has 1 atom stereocenters. The summed E-state index contributed by atoms with van der Waals surface area (Å²) >= 11 is 0. The Morgan fingerprint density at radius 3 is 2.50 bits per heavy atom. The number of hydrogen-bond acceptors (Lipinski definition) is 5. The lowest BCUT2D eigenvalue weighted by Crippen LogP contribution is -2.25. The fourth-order valence-electron chi connectivity index (χ4n) is 1.33. The van der Waals surface area contributed by atoms with Crippen LogP contribution in [0.5, 0.6) is 0 Å². The van der Waals surface area contributed by atoms with Gasteiger partial charge in [-0.2, -0.15) is 0 Å². The smallest absolute Gasteiger partial charge is 0.360 e. The summed E-state index contributed by atoms with van der Waals surface area (Å²) in [5, 5.41) is 7.48. The number of rotatable bonds is 5. The molecule has 7 heteroatoms. The summed E-state index contributed by atoms with van der Waals surface area (Å²) < 4.78 is 6.37. The van der Waals surface area contributed by atoms with Gasteiger partial charge in [0.1, 0.15) is 6.04 Å². The highest BCUT2D eigenvalue weighted by Crippen LogP contribution is 2.12.